The minimum absolute atomic E-state index is 0.601. The van der Waals surface area contributed by atoms with Gasteiger partial charge in [-0.05, 0) is 31.7 Å². The molecular formula is C17H28N2. The predicted molar refractivity (Wildman–Crippen MR) is 82.5 cm³/mol. The monoisotopic (exact) mass is 260 g/mol. The molecule has 2 atom stereocenters. The number of rotatable bonds is 6. The lowest BCUT2D eigenvalue weighted by atomic mass is 10.1. The van der Waals surface area contributed by atoms with Gasteiger partial charge < -0.3 is 5.32 Å². The van der Waals surface area contributed by atoms with Crippen LogP contribution in [-0.4, -0.2) is 36.1 Å². The van der Waals surface area contributed by atoms with Gasteiger partial charge in [-0.1, -0.05) is 44.2 Å². The van der Waals surface area contributed by atoms with Crippen LogP contribution in [0, 0.1) is 0 Å². The van der Waals surface area contributed by atoms with E-state index >= 15 is 0 Å². The number of hydrogen-bond acceptors (Lipinski definition) is 2. The molecule has 2 nitrogen and oxygen atoms in total. The fraction of sp³-hybridized carbons (Fsp3) is 0.647. The van der Waals surface area contributed by atoms with Gasteiger partial charge in [-0.2, -0.15) is 0 Å². The van der Waals surface area contributed by atoms with Gasteiger partial charge in [0.1, 0.15) is 0 Å². The fourth-order valence-corrected chi connectivity index (χ4v) is 3.00. The first-order valence-electron chi connectivity index (χ1n) is 7.69. The van der Waals surface area contributed by atoms with Crippen LogP contribution in [-0.2, 0) is 6.42 Å². The Morgan fingerprint density at radius 2 is 1.95 bits per heavy atom. The normalized spacial score (nSPS) is 22.0. The number of likely N-dealkylation sites (tertiary alicyclic amines) is 1. The Morgan fingerprint density at radius 1 is 1.21 bits per heavy atom. The van der Waals surface area contributed by atoms with E-state index in [1.54, 1.807) is 0 Å². The summed E-state index contributed by atoms with van der Waals surface area (Å²) in [7, 11) is 0. The van der Waals surface area contributed by atoms with Gasteiger partial charge in [-0.15, -0.1) is 0 Å². The molecule has 0 bridgehead atoms. The minimum atomic E-state index is 0.601. The van der Waals surface area contributed by atoms with Crippen molar-refractivity contribution in [1.29, 1.82) is 0 Å². The molecule has 0 aliphatic carbocycles. The van der Waals surface area contributed by atoms with Crippen molar-refractivity contribution in [2.45, 2.75) is 58.2 Å². The zero-order valence-corrected chi connectivity index (χ0v) is 12.6. The molecule has 0 amide bonds. The maximum Gasteiger partial charge on any atom is 0.0209 e. The van der Waals surface area contributed by atoms with Crippen molar-refractivity contribution in [2.75, 3.05) is 13.1 Å². The van der Waals surface area contributed by atoms with Crippen molar-refractivity contribution in [3.05, 3.63) is 35.9 Å². The molecule has 1 N–H and O–H groups in total. The summed E-state index contributed by atoms with van der Waals surface area (Å²) in [4.78, 5) is 2.64. The van der Waals surface area contributed by atoms with E-state index in [1.165, 1.54) is 37.9 Å². The first-order chi connectivity index (χ1) is 9.15. The average Bonchev–Trinajstić information content (AvgIpc) is 2.85. The van der Waals surface area contributed by atoms with Gasteiger partial charge in [-0.25, -0.2) is 0 Å². The van der Waals surface area contributed by atoms with Crippen LogP contribution >= 0.6 is 0 Å². The Hall–Kier alpha value is -0.860. The van der Waals surface area contributed by atoms with Gasteiger partial charge in [0.05, 0.1) is 0 Å². The lowest BCUT2D eigenvalue weighted by Gasteiger charge is -2.25. The second-order valence-corrected chi connectivity index (χ2v) is 6.18. The van der Waals surface area contributed by atoms with E-state index in [1.807, 2.05) is 0 Å². The lowest BCUT2D eigenvalue weighted by molar-refractivity contribution is 0.239. The maximum absolute atomic E-state index is 3.66. The summed E-state index contributed by atoms with van der Waals surface area (Å²) in [6, 6.07) is 12.8. The first-order valence-corrected chi connectivity index (χ1v) is 7.69. The van der Waals surface area contributed by atoms with E-state index in [0.29, 0.717) is 18.1 Å². The molecule has 1 fully saturated rings. The Morgan fingerprint density at radius 3 is 2.63 bits per heavy atom. The Kier molecular flexibility index (Phi) is 5.41. The molecule has 1 aromatic rings. The molecule has 1 aliphatic rings. The molecule has 0 saturated carbocycles. The van der Waals surface area contributed by atoms with E-state index in [4.69, 9.17) is 0 Å². The van der Waals surface area contributed by atoms with Crippen LogP contribution in [0.4, 0.5) is 0 Å². The zero-order valence-electron chi connectivity index (χ0n) is 12.6. The predicted octanol–water partition coefficient (Wildman–Crippen LogP) is 3.08. The molecule has 2 heteroatoms. The molecule has 1 aromatic carbocycles. The van der Waals surface area contributed by atoms with Crippen LogP contribution in [0.1, 0.15) is 39.2 Å². The fourth-order valence-electron chi connectivity index (χ4n) is 3.00. The van der Waals surface area contributed by atoms with E-state index in [9.17, 15) is 0 Å². The second-order valence-electron chi connectivity index (χ2n) is 6.18. The second kappa shape index (κ2) is 7.06. The van der Waals surface area contributed by atoms with E-state index < -0.39 is 0 Å². The number of benzene rings is 1. The van der Waals surface area contributed by atoms with Gasteiger partial charge in [0, 0.05) is 31.2 Å². The minimum Gasteiger partial charge on any atom is -0.310 e. The van der Waals surface area contributed by atoms with E-state index in [-0.39, 0.29) is 0 Å². The molecule has 19 heavy (non-hydrogen) atoms. The van der Waals surface area contributed by atoms with Crippen molar-refractivity contribution >= 4 is 0 Å². The van der Waals surface area contributed by atoms with Crippen LogP contribution in [0.2, 0.25) is 0 Å². The smallest absolute Gasteiger partial charge is 0.0209 e. The zero-order chi connectivity index (χ0) is 13.7. The molecule has 2 rings (SSSR count). The van der Waals surface area contributed by atoms with E-state index in [2.05, 4.69) is 61.3 Å². The van der Waals surface area contributed by atoms with Gasteiger partial charge in [-0.3, -0.25) is 4.90 Å². The number of nitrogens with one attached hydrogen (secondary N) is 1. The van der Waals surface area contributed by atoms with Crippen LogP contribution in [0.3, 0.4) is 0 Å². The highest BCUT2D eigenvalue weighted by Crippen LogP contribution is 2.17. The topological polar surface area (TPSA) is 15.3 Å². The SMILES string of the molecule is CC(C)NC1CCN(C(C)CCc2ccccc2)C1. The Labute approximate surface area is 118 Å². The number of hydrogen-bond donors (Lipinski definition) is 1. The summed E-state index contributed by atoms with van der Waals surface area (Å²) >= 11 is 0. The van der Waals surface area contributed by atoms with Crippen molar-refractivity contribution in [2.24, 2.45) is 0 Å². The lowest BCUT2D eigenvalue weighted by Crippen LogP contribution is -2.39. The standard InChI is InChI=1S/C17H28N2/c1-14(2)18-17-11-12-19(13-17)15(3)9-10-16-7-5-4-6-8-16/h4-8,14-15,17-18H,9-13H2,1-3H3. The molecule has 0 spiro atoms. The van der Waals surface area contributed by atoms with Crippen molar-refractivity contribution in [3.8, 4) is 0 Å². The van der Waals surface area contributed by atoms with Crippen LogP contribution in [0.25, 0.3) is 0 Å². The summed E-state index contributed by atoms with van der Waals surface area (Å²) in [5.41, 5.74) is 1.46. The van der Waals surface area contributed by atoms with Crippen molar-refractivity contribution in [1.82, 2.24) is 10.2 Å². The van der Waals surface area contributed by atoms with Gasteiger partial charge >= 0.3 is 0 Å². The number of aryl methyl sites for hydroxylation is 1. The highest BCUT2D eigenvalue weighted by molar-refractivity contribution is 5.14. The molecular weight excluding hydrogens is 232 g/mol. The molecule has 1 aliphatic heterocycles. The molecule has 2 unspecified atom stereocenters. The third-order valence-corrected chi connectivity index (χ3v) is 4.11. The maximum atomic E-state index is 3.66. The molecule has 106 valence electrons. The van der Waals surface area contributed by atoms with Crippen LogP contribution < -0.4 is 5.32 Å². The summed E-state index contributed by atoms with van der Waals surface area (Å²) in [5, 5.41) is 3.66. The average molecular weight is 260 g/mol. The third kappa shape index (κ3) is 4.63. The van der Waals surface area contributed by atoms with Crippen LogP contribution in [0.5, 0.6) is 0 Å². The highest BCUT2D eigenvalue weighted by atomic mass is 15.2. The quantitative estimate of drug-likeness (QED) is 0.845. The Bertz CT molecular complexity index is 361. The summed E-state index contributed by atoms with van der Waals surface area (Å²) < 4.78 is 0. The first kappa shape index (κ1) is 14.5. The molecule has 0 aromatic heterocycles. The summed E-state index contributed by atoms with van der Waals surface area (Å²) in [5.74, 6) is 0. The molecule has 1 heterocycles. The van der Waals surface area contributed by atoms with Gasteiger partial charge in [0.25, 0.3) is 0 Å². The van der Waals surface area contributed by atoms with E-state index in [0.717, 1.165) is 0 Å². The van der Waals surface area contributed by atoms with Crippen molar-refractivity contribution in [3.63, 3.8) is 0 Å². The van der Waals surface area contributed by atoms with Gasteiger partial charge in [0.15, 0.2) is 0 Å². The molecule has 0 radical (unpaired) electrons. The summed E-state index contributed by atoms with van der Waals surface area (Å²) in [6.45, 7) is 9.32. The highest BCUT2D eigenvalue weighted by Gasteiger charge is 2.25. The summed E-state index contributed by atoms with van der Waals surface area (Å²) in [6.07, 6.45) is 3.76. The third-order valence-electron chi connectivity index (χ3n) is 4.11. The van der Waals surface area contributed by atoms with Gasteiger partial charge in [0.2, 0.25) is 0 Å². The van der Waals surface area contributed by atoms with Crippen LogP contribution in [0.15, 0.2) is 30.3 Å². The van der Waals surface area contributed by atoms with Crippen molar-refractivity contribution < 1.29 is 0 Å². The molecule has 1 saturated heterocycles. The largest absolute Gasteiger partial charge is 0.310 e. The Balaban J connectivity index is 1.74. The number of nitrogens with zero attached hydrogens (tertiary/aromatic N) is 1.